The molecule has 6 aromatic heterocycles. The number of halogens is 2. The number of fused-ring (bicyclic) bond motifs is 4. The maximum atomic E-state index is 13.7. The summed E-state index contributed by atoms with van der Waals surface area (Å²) < 4.78 is 20.2. The summed E-state index contributed by atoms with van der Waals surface area (Å²) in [6.45, 7) is 5.48. The zero-order chi connectivity index (χ0) is 51.3. The van der Waals surface area contributed by atoms with Gasteiger partial charge in [-0.3, -0.25) is 27.9 Å². The van der Waals surface area contributed by atoms with Gasteiger partial charge >= 0.3 is 47.0 Å². The van der Waals surface area contributed by atoms with Crippen molar-refractivity contribution in [1.29, 1.82) is 0 Å². The van der Waals surface area contributed by atoms with Gasteiger partial charge < -0.3 is 56.4 Å². The largest absolute Gasteiger partial charge is 1.00 e. The number of ether oxygens (including phenoxy) is 2. The first kappa shape index (κ1) is 54.9. The fourth-order valence-electron chi connectivity index (χ4n) is 8.45. The fourth-order valence-corrected chi connectivity index (χ4v) is 8.90. The molecule has 7 heterocycles. The first-order valence-electron chi connectivity index (χ1n) is 21.8. The Bertz CT molecular complexity index is 3540. The van der Waals surface area contributed by atoms with Crippen LogP contribution in [0.15, 0.2) is 67.7 Å². The summed E-state index contributed by atoms with van der Waals surface area (Å²) in [5.74, 6) is 4.99. The maximum Gasteiger partial charge on any atom is 1.00 e. The van der Waals surface area contributed by atoms with Crippen molar-refractivity contribution in [3.8, 4) is 0 Å². The van der Waals surface area contributed by atoms with E-state index in [0.29, 0.717) is 57.2 Å². The quantitative estimate of drug-likeness (QED) is 0.0786. The van der Waals surface area contributed by atoms with Gasteiger partial charge in [0.05, 0.1) is 62.8 Å². The third-order valence-corrected chi connectivity index (χ3v) is 13.0. The number of hydrogen-bond donors (Lipinski definition) is 6. The zero-order valence-electron chi connectivity index (χ0n) is 40.3. The van der Waals surface area contributed by atoms with Crippen molar-refractivity contribution < 1.29 is 59.2 Å². The molecule has 2 unspecified atom stereocenters. The molecule has 26 heteroatoms. The van der Waals surface area contributed by atoms with Crippen LogP contribution in [-0.4, -0.2) is 100 Å². The fraction of sp³-hybridized carbons (Fsp3) is 0.400. The minimum absolute atomic E-state index is 0. The number of carbonyl (C=O) groups excluding carboxylic acids is 1. The van der Waals surface area contributed by atoms with Gasteiger partial charge in [0, 0.05) is 72.1 Å². The molecule has 71 heavy (non-hydrogen) atoms. The number of carbonyl (C=O) groups is 1. The van der Waals surface area contributed by atoms with Crippen LogP contribution >= 0.6 is 23.2 Å². The molecule has 0 spiro atoms. The number of aromatic nitrogens is 10. The molecule has 23 nitrogen and oxygen atoms in total. The summed E-state index contributed by atoms with van der Waals surface area (Å²) in [6.07, 6.45) is -0.637. The maximum absolute atomic E-state index is 13.7. The van der Waals surface area contributed by atoms with Gasteiger partial charge in [0.1, 0.15) is 17.2 Å². The Labute approximate surface area is 435 Å². The van der Waals surface area contributed by atoms with Gasteiger partial charge in [-0.1, -0.05) is 35.3 Å². The Kier molecular flexibility index (Phi) is 16.8. The normalized spacial score (nSPS) is 13.7. The number of nitrogens with zero attached hydrogens (tertiary/aromatic N) is 9. The Morgan fingerprint density at radius 2 is 1.34 bits per heavy atom. The van der Waals surface area contributed by atoms with E-state index in [-0.39, 0.29) is 84.1 Å². The summed E-state index contributed by atoms with van der Waals surface area (Å²) in [7, 11) is 6.41. The molecule has 1 aliphatic heterocycles. The van der Waals surface area contributed by atoms with Gasteiger partial charge in [-0.2, -0.15) is 0 Å². The van der Waals surface area contributed by atoms with E-state index in [4.69, 9.17) is 55.2 Å². The molecule has 0 saturated carbocycles. The van der Waals surface area contributed by atoms with Gasteiger partial charge in [0.2, 0.25) is 0 Å². The van der Waals surface area contributed by atoms with E-state index in [0.717, 1.165) is 20.0 Å². The second-order valence-electron chi connectivity index (χ2n) is 18.0. The van der Waals surface area contributed by atoms with Crippen LogP contribution in [0.4, 0.5) is 4.79 Å². The molecular weight excluding hydrogens is 976 g/mol. The number of benzene rings is 2. The van der Waals surface area contributed by atoms with E-state index in [2.05, 4.69) is 15.0 Å². The summed E-state index contributed by atoms with van der Waals surface area (Å²) in [5, 5.41) is 27.6. The standard InChI is InChI=1S/C25H29ClN6O5.C20H23ClN6O4.H2NO.Na/c1-25(2,3)37-24(35)32-14(9-15-16(26)7-6-8-17(15)32)10-31-22(33)19-21(30(5)23(31)34)28-20(29(19)4)18(27)13-11-36-12-13;1-25-16-18(24-17(25)15(22)10(8-28)9-29)26(2)20(31)27(19(16)30)7-11-6-12-13(21)4-3-5-14(12)23-11;1-2;/h6-9,13,18H,10-12,27H2,1-5H3;3-6,10,15,23,28-29H,7-9,22H2,1-2H3;1-2H;/q;;-1;+1. The summed E-state index contributed by atoms with van der Waals surface area (Å²) in [4.78, 5) is 78.6. The molecular formula is C45H54Cl2N13NaO10. The molecule has 9 rings (SSSR count). The SMILES string of the molecule is Cn1c(C(N)C(CO)CO)nc2c1c(=O)n(Cc1cc3c(Cl)cccc3[nH]1)c(=O)n2C.Cn1c(C(N)C2COC2)nc2c1c(=O)n(Cc1cc3c(Cl)cccc3n1C(=O)OC(C)(C)C)c(=O)n2C.[NH-]O.[Na+]. The van der Waals surface area contributed by atoms with Gasteiger partial charge in [0.25, 0.3) is 11.1 Å². The molecule has 1 aliphatic rings. The average molecular weight is 1030 g/mol. The molecule has 0 bridgehead atoms. The third-order valence-electron chi connectivity index (χ3n) is 12.3. The molecule has 2 aromatic carbocycles. The van der Waals surface area contributed by atoms with Crippen LogP contribution in [0.2, 0.25) is 10.0 Å². The number of hydrogen-bond acceptors (Lipinski definition) is 14. The summed E-state index contributed by atoms with van der Waals surface area (Å²) in [6, 6.07) is 12.9. The van der Waals surface area contributed by atoms with Crippen molar-refractivity contribution in [2.75, 3.05) is 26.4 Å². The number of nitrogens with one attached hydrogen (secondary N) is 2. The number of imidazole rings is 2. The van der Waals surface area contributed by atoms with Crippen molar-refractivity contribution in [1.82, 2.24) is 46.9 Å². The van der Waals surface area contributed by atoms with Gasteiger partial charge in [-0.15, -0.1) is 0 Å². The number of aryl methyl sites for hydroxylation is 4. The molecule has 1 fully saturated rings. The molecule has 9 N–H and O–H groups in total. The van der Waals surface area contributed by atoms with Crippen LogP contribution in [0.5, 0.6) is 0 Å². The molecule has 2 atom stereocenters. The minimum atomic E-state index is -0.814. The van der Waals surface area contributed by atoms with Crippen LogP contribution in [0, 0.1) is 11.8 Å². The third kappa shape index (κ3) is 10.2. The number of nitrogens with two attached hydrogens (primary N) is 2. The van der Waals surface area contributed by atoms with Crippen LogP contribution in [0.3, 0.4) is 0 Å². The van der Waals surface area contributed by atoms with Crippen LogP contribution in [0.1, 0.15) is 55.9 Å². The Balaban J connectivity index is 0.000000225. The first-order valence-corrected chi connectivity index (χ1v) is 22.6. The second-order valence-corrected chi connectivity index (χ2v) is 18.8. The summed E-state index contributed by atoms with van der Waals surface area (Å²) >= 11 is 12.6. The second kappa shape index (κ2) is 21.7. The number of aliphatic hydroxyl groups is 2. The van der Waals surface area contributed by atoms with Crippen LogP contribution < -0.4 is 63.5 Å². The van der Waals surface area contributed by atoms with Crippen molar-refractivity contribution in [2.24, 2.45) is 51.5 Å². The predicted octanol–water partition coefficient (Wildman–Crippen LogP) is 0.169. The van der Waals surface area contributed by atoms with E-state index >= 15 is 0 Å². The molecule has 0 aliphatic carbocycles. The summed E-state index contributed by atoms with van der Waals surface area (Å²) in [5.41, 5.74) is 12.9. The van der Waals surface area contributed by atoms with Crippen molar-refractivity contribution in [2.45, 2.75) is 51.5 Å². The molecule has 374 valence electrons. The topological polar surface area (TPSA) is 316 Å². The smallest absolute Gasteiger partial charge is 0.553 e. The van der Waals surface area contributed by atoms with E-state index in [1.54, 1.807) is 76.8 Å². The number of aromatic amines is 1. The van der Waals surface area contributed by atoms with Gasteiger partial charge in [-0.25, -0.2) is 28.9 Å². The van der Waals surface area contributed by atoms with Crippen LogP contribution in [-0.2, 0) is 50.8 Å². The van der Waals surface area contributed by atoms with Gasteiger partial charge in [-0.05, 0) is 57.2 Å². The molecule has 8 aromatic rings. The van der Waals surface area contributed by atoms with E-state index in [1.807, 2.05) is 18.2 Å². The monoisotopic (exact) mass is 1030 g/mol. The van der Waals surface area contributed by atoms with E-state index in [1.165, 1.54) is 25.3 Å². The van der Waals surface area contributed by atoms with Crippen molar-refractivity contribution in [3.05, 3.63) is 129 Å². The van der Waals surface area contributed by atoms with E-state index < -0.39 is 52.2 Å². The van der Waals surface area contributed by atoms with Crippen LogP contribution in [0.25, 0.3) is 50.0 Å². The van der Waals surface area contributed by atoms with Crippen molar-refractivity contribution >= 4 is 73.4 Å². The Hall–Kier alpha value is -5.41. The number of rotatable bonds is 10. The molecule has 0 amide bonds. The number of aliphatic hydroxyl groups excluding tert-OH is 2. The Morgan fingerprint density at radius 1 is 0.817 bits per heavy atom. The first-order chi connectivity index (χ1) is 33.2. The van der Waals surface area contributed by atoms with Crippen molar-refractivity contribution in [3.63, 3.8) is 0 Å². The van der Waals surface area contributed by atoms with E-state index in [9.17, 15) is 34.2 Å². The molecule has 0 radical (unpaired) electrons. The average Bonchev–Trinajstić information content (AvgIpc) is 4.07. The van der Waals surface area contributed by atoms with Gasteiger partial charge in [0.15, 0.2) is 22.3 Å². The number of H-pyrrole nitrogens is 1. The predicted molar refractivity (Wildman–Crippen MR) is 262 cm³/mol. The molecule has 1 saturated heterocycles. The zero-order valence-corrected chi connectivity index (χ0v) is 43.8. The Morgan fingerprint density at radius 3 is 1.86 bits per heavy atom. The minimum Gasteiger partial charge on any atom is -0.553 e.